The van der Waals surface area contributed by atoms with Gasteiger partial charge in [0.15, 0.2) is 0 Å². The van der Waals surface area contributed by atoms with Gasteiger partial charge in [0.05, 0.1) is 0 Å². The highest BCUT2D eigenvalue weighted by Crippen LogP contribution is 2.27. The molecule has 0 amide bonds. The lowest BCUT2D eigenvalue weighted by molar-refractivity contribution is 0.434. The van der Waals surface area contributed by atoms with Crippen molar-refractivity contribution in [1.82, 2.24) is 5.32 Å². The van der Waals surface area contributed by atoms with Crippen molar-refractivity contribution < 1.29 is 0 Å². The van der Waals surface area contributed by atoms with Crippen LogP contribution in [0.4, 0.5) is 0 Å². The van der Waals surface area contributed by atoms with Crippen LogP contribution >= 0.6 is 15.9 Å². The third kappa shape index (κ3) is 3.54. The molecule has 1 fully saturated rings. The van der Waals surface area contributed by atoms with E-state index in [1.54, 1.807) is 0 Å². The summed E-state index contributed by atoms with van der Waals surface area (Å²) in [5.74, 6) is 0.855. The zero-order chi connectivity index (χ0) is 12.3. The first-order chi connectivity index (χ1) is 8.19. The Kier molecular flexibility index (Phi) is 4.60. The van der Waals surface area contributed by atoms with Gasteiger partial charge in [0, 0.05) is 23.1 Å². The van der Waals surface area contributed by atoms with Gasteiger partial charge in [-0.3, -0.25) is 0 Å². The Morgan fingerprint density at radius 2 is 2.29 bits per heavy atom. The van der Waals surface area contributed by atoms with E-state index >= 15 is 0 Å². The molecule has 17 heavy (non-hydrogen) atoms. The standard InChI is InChI=1S/C14H21BrN2/c1-10-5-6-13(7-10)17-14(9-16)11-3-2-4-12(15)8-11/h2-4,8,10,13-14,17H,5-7,9,16H2,1H3. The van der Waals surface area contributed by atoms with Crippen LogP contribution < -0.4 is 11.1 Å². The SMILES string of the molecule is CC1CCC(NC(CN)c2cccc(Br)c2)C1. The topological polar surface area (TPSA) is 38.0 Å². The molecule has 0 saturated heterocycles. The van der Waals surface area contributed by atoms with Gasteiger partial charge >= 0.3 is 0 Å². The zero-order valence-corrected chi connectivity index (χ0v) is 11.9. The van der Waals surface area contributed by atoms with E-state index in [9.17, 15) is 0 Å². The minimum absolute atomic E-state index is 0.280. The minimum atomic E-state index is 0.280. The number of benzene rings is 1. The first-order valence-corrected chi connectivity index (χ1v) is 7.20. The lowest BCUT2D eigenvalue weighted by atomic mass is 10.1. The Bertz CT molecular complexity index is 367. The second-order valence-corrected chi connectivity index (χ2v) is 6.04. The Balaban J connectivity index is 2.01. The number of nitrogens with one attached hydrogen (secondary N) is 1. The number of hydrogen-bond donors (Lipinski definition) is 2. The highest BCUT2D eigenvalue weighted by atomic mass is 79.9. The first kappa shape index (κ1) is 13.1. The molecule has 1 aliphatic rings. The van der Waals surface area contributed by atoms with Crippen molar-refractivity contribution in [3.05, 3.63) is 34.3 Å². The van der Waals surface area contributed by atoms with Gasteiger partial charge < -0.3 is 11.1 Å². The van der Waals surface area contributed by atoms with Crippen molar-refractivity contribution in [1.29, 1.82) is 0 Å². The summed E-state index contributed by atoms with van der Waals surface area (Å²) < 4.78 is 1.12. The molecule has 1 saturated carbocycles. The summed E-state index contributed by atoms with van der Waals surface area (Å²) >= 11 is 3.51. The van der Waals surface area contributed by atoms with Gasteiger partial charge in [0.2, 0.25) is 0 Å². The highest BCUT2D eigenvalue weighted by molar-refractivity contribution is 9.10. The molecule has 3 atom stereocenters. The Morgan fingerprint density at radius 3 is 2.88 bits per heavy atom. The number of halogens is 1. The molecule has 1 aliphatic carbocycles. The number of hydrogen-bond acceptors (Lipinski definition) is 2. The van der Waals surface area contributed by atoms with Crippen LogP contribution in [-0.4, -0.2) is 12.6 Å². The molecular formula is C14H21BrN2. The molecule has 2 rings (SSSR count). The number of nitrogens with two attached hydrogens (primary N) is 1. The second-order valence-electron chi connectivity index (χ2n) is 5.13. The molecule has 94 valence electrons. The lowest BCUT2D eigenvalue weighted by Crippen LogP contribution is -2.35. The van der Waals surface area contributed by atoms with Crippen LogP contribution in [0.25, 0.3) is 0 Å². The molecule has 0 radical (unpaired) electrons. The van der Waals surface area contributed by atoms with E-state index in [1.165, 1.54) is 24.8 Å². The van der Waals surface area contributed by atoms with E-state index in [0.717, 1.165) is 10.4 Å². The monoisotopic (exact) mass is 296 g/mol. The Labute approximate surface area is 112 Å². The summed E-state index contributed by atoms with van der Waals surface area (Å²) in [5.41, 5.74) is 7.17. The van der Waals surface area contributed by atoms with Gasteiger partial charge in [0.25, 0.3) is 0 Å². The Hall–Kier alpha value is -0.380. The van der Waals surface area contributed by atoms with Gasteiger partial charge in [-0.1, -0.05) is 35.0 Å². The van der Waals surface area contributed by atoms with E-state index < -0.39 is 0 Å². The van der Waals surface area contributed by atoms with Crippen molar-refractivity contribution in [2.24, 2.45) is 11.7 Å². The van der Waals surface area contributed by atoms with Crippen molar-refractivity contribution in [2.45, 2.75) is 38.3 Å². The predicted octanol–water partition coefficient (Wildman–Crippen LogP) is 3.23. The van der Waals surface area contributed by atoms with E-state index in [0.29, 0.717) is 12.6 Å². The van der Waals surface area contributed by atoms with Gasteiger partial charge in [0.1, 0.15) is 0 Å². The van der Waals surface area contributed by atoms with Gasteiger partial charge in [-0.2, -0.15) is 0 Å². The summed E-state index contributed by atoms with van der Waals surface area (Å²) in [5, 5.41) is 3.69. The van der Waals surface area contributed by atoms with Crippen LogP contribution in [0, 0.1) is 5.92 Å². The van der Waals surface area contributed by atoms with E-state index in [1.807, 2.05) is 0 Å². The quantitative estimate of drug-likeness (QED) is 0.895. The van der Waals surface area contributed by atoms with E-state index in [-0.39, 0.29) is 6.04 Å². The van der Waals surface area contributed by atoms with Crippen molar-refractivity contribution in [2.75, 3.05) is 6.54 Å². The van der Waals surface area contributed by atoms with E-state index in [2.05, 4.69) is 52.4 Å². The predicted molar refractivity (Wildman–Crippen MR) is 75.9 cm³/mol. The van der Waals surface area contributed by atoms with Crippen LogP contribution in [0.1, 0.15) is 37.8 Å². The fourth-order valence-electron chi connectivity index (χ4n) is 2.67. The fourth-order valence-corrected chi connectivity index (χ4v) is 3.08. The van der Waals surface area contributed by atoms with Crippen molar-refractivity contribution >= 4 is 15.9 Å². The van der Waals surface area contributed by atoms with Crippen molar-refractivity contribution in [3.63, 3.8) is 0 Å². The molecule has 0 bridgehead atoms. The molecule has 0 spiro atoms. The van der Waals surface area contributed by atoms with Crippen LogP contribution in [0.15, 0.2) is 28.7 Å². The molecule has 1 aromatic carbocycles. The van der Waals surface area contributed by atoms with Crippen LogP contribution in [0.2, 0.25) is 0 Å². The normalized spacial score (nSPS) is 26.1. The summed E-state index contributed by atoms with van der Waals surface area (Å²) in [7, 11) is 0. The maximum Gasteiger partial charge on any atom is 0.0447 e. The maximum atomic E-state index is 5.89. The molecular weight excluding hydrogens is 276 g/mol. The molecule has 1 aromatic rings. The molecule has 3 unspecified atom stereocenters. The molecule has 0 aromatic heterocycles. The molecule has 3 heteroatoms. The summed E-state index contributed by atoms with van der Waals surface area (Å²) in [6.45, 7) is 2.99. The average molecular weight is 297 g/mol. The highest BCUT2D eigenvalue weighted by Gasteiger charge is 2.23. The summed E-state index contributed by atoms with van der Waals surface area (Å²) in [4.78, 5) is 0. The van der Waals surface area contributed by atoms with Gasteiger partial charge in [-0.25, -0.2) is 0 Å². The van der Waals surface area contributed by atoms with Crippen molar-refractivity contribution in [3.8, 4) is 0 Å². The molecule has 3 N–H and O–H groups in total. The fraction of sp³-hybridized carbons (Fsp3) is 0.571. The third-order valence-electron chi connectivity index (χ3n) is 3.62. The molecule has 0 aliphatic heterocycles. The van der Waals surface area contributed by atoms with E-state index in [4.69, 9.17) is 5.73 Å². The lowest BCUT2D eigenvalue weighted by Gasteiger charge is -2.22. The van der Waals surface area contributed by atoms with Crippen LogP contribution in [0.5, 0.6) is 0 Å². The first-order valence-electron chi connectivity index (χ1n) is 6.40. The molecule has 2 nitrogen and oxygen atoms in total. The van der Waals surface area contributed by atoms with Crippen LogP contribution in [-0.2, 0) is 0 Å². The third-order valence-corrected chi connectivity index (χ3v) is 4.11. The largest absolute Gasteiger partial charge is 0.329 e. The van der Waals surface area contributed by atoms with Gasteiger partial charge in [-0.05, 0) is 42.9 Å². The van der Waals surface area contributed by atoms with Crippen LogP contribution in [0.3, 0.4) is 0 Å². The summed E-state index contributed by atoms with van der Waals surface area (Å²) in [6, 6.07) is 9.34. The maximum absolute atomic E-state index is 5.89. The van der Waals surface area contributed by atoms with Gasteiger partial charge in [-0.15, -0.1) is 0 Å². The molecule has 0 heterocycles. The zero-order valence-electron chi connectivity index (χ0n) is 10.3. The average Bonchev–Trinajstić information content (AvgIpc) is 2.72. The summed E-state index contributed by atoms with van der Waals surface area (Å²) in [6.07, 6.45) is 3.91. The number of rotatable bonds is 4. The second kappa shape index (κ2) is 5.98. The Morgan fingerprint density at radius 1 is 1.47 bits per heavy atom. The minimum Gasteiger partial charge on any atom is -0.329 e. The smallest absolute Gasteiger partial charge is 0.0447 e.